The van der Waals surface area contributed by atoms with Gasteiger partial charge >= 0.3 is 0 Å². The Bertz CT molecular complexity index is 292. The first-order valence-electron chi connectivity index (χ1n) is 3.77. The summed E-state index contributed by atoms with van der Waals surface area (Å²) < 4.78 is 1.47. The zero-order chi connectivity index (χ0) is 9.03. The summed E-state index contributed by atoms with van der Waals surface area (Å²) in [4.78, 5) is 0. The molecule has 0 N–H and O–H groups in total. The first-order valence-corrected chi connectivity index (χ1v) is 8.77. The largest absolute Gasteiger partial charge is 0.174 e. The average molecular weight is 259 g/mol. The van der Waals surface area contributed by atoms with E-state index in [1.807, 2.05) is 11.3 Å². The molecule has 0 spiro atoms. The molecule has 0 saturated carbocycles. The van der Waals surface area contributed by atoms with Gasteiger partial charge in [-0.05, 0) is 5.38 Å². The molecule has 0 aliphatic rings. The number of rotatable bonds is 1. The van der Waals surface area contributed by atoms with E-state index < -0.39 is 8.07 Å². The maximum absolute atomic E-state index is 3.36. The number of hydrogen-bond acceptors (Lipinski definition) is 1. The van der Waals surface area contributed by atoms with Gasteiger partial charge in [0.25, 0.3) is 0 Å². The lowest BCUT2D eigenvalue weighted by atomic mass is 10.7. The minimum Gasteiger partial charge on any atom is -0.152 e. The molecule has 0 atom stereocenters. The molecule has 0 nitrogen and oxygen atoms in total. The van der Waals surface area contributed by atoms with Crippen LogP contribution >= 0.6 is 27.3 Å². The zero-order valence-corrected chi connectivity index (χ0v) is 10.6. The summed E-state index contributed by atoms with van der Waals surface area (Å²) in [5, 5.41) is 2.91. The predicted octanol–water partition coefficient (Wildman–Crippen LogP) is 2.60. The molecular weight excluding hydrogens is 248 g/mol. The molecule has 0 aliphatic heterocycles. The lowest BCUT2D eigenvalue weighted by Gasteiger charge is -2.11. The Balaban J connectivity index is 2.86. The fourth-order valence-corrected chi connectivity index (χ4v) is 4.51. The molecule has 0 unspecified atom stereocenters. The smallest absolute Gasteiger partial charge is 0.152 e. The summed E-state index contributed by atoms with van der Waals surface area (Å²) in [6.07, 6.45) is 0. The second-order valence-corrected chi connectivity index (χ2v) is 8.95. The molecule has 12 heavy (non-hydrogen) atoms. The van der Waals surface area contributed by atoms with Crippen LogP contribution in [0.1, 0.15) is 0 Å². The van der Waals surface area contributed by atoms with Crippen LogP contribution in [0, 0.1) is 11.5 Å². The molecule has 1 rings (SSSR count). The maximum atomic E-state index is 3.36. The van der Waals surface area contributed by atoms with Crippen LogP contribution in [0.4, 0.5) is 0 Å². The Morgan fingerprint density at radius 3 is 2.83 bits per heavy atom. The second-order valence-electron chi connectivity index (χ2n) is 3.04. The van der Waals surface area contributed by atoms with Gasteiger partial charge in [-0.25, -0.2) is 0 Å². The quantitative estimate of drug-likeness (QED) is 0.413. The molecule has 1 aromatic rings. The first-order chi connectivity index (χ1) is 5.67. The highest BCUT2D eigenvalue weighted by molar-refractivity contribution is 9.09. The molecular formula is C9H11BrSSi. The summed E-state index contributed by atoms with van der Waals surface area (Å²) >= 11 is 5.14. The SMILES string of the molecule is C[Si](C)(C#CCBr)c1cccs1. The van der Waals surface area contributed by atoms with Gasteiger partial charge in [0.15, 0.2) is 8.07 Å². The molecule has 1 heterocycles. The van der Waals surface area contributed by atoms with Crippen molar-refractivity contribution >= 4 is 39.8 Å². The maximum Gasteiger partial charge on any atom is 0.174 e. The van der Waals surface area contributed by atoms with Gasteiger partial charge < -0.3 is 0 Å². The summed E-state index contributed by atoms with van der Waals surface area (Å²) in [5.74, 6) is 3.11. The fraction of sp³-hybridized carbons (Fsp3) is 0.333. The van der Waals surface area contributed by atoms with E-state index in [9.17, 15) is 0 Å². The Hall–Kier alpha value is -0.0431. The van der Waals surface area contributed by atoms with Crippen molar-refractivity contribution < 1.29 is 0 Å². The Kier molecular flexibility index (Phi) is 3.57. The van der Waals surface area contributed by atoms with Gasteiger partial charge in [-0.2, -0.15) is 11.3 Å². The van der Waals surface area contributed by atoms with E-state index in [1.165, 1.54) is 4.50 Å². The Labute approximate surface area is 87.1 Å². The fourth-order valence-electron chi connectivity index (χ4n) is 0.950. The van der Waals surface area contributed by atoms with Crippen molar-refractivity contribution in [1.82, 2.24) is 0 Å². The summed E-state index contributed by atoms with van der Waals surface area (Å²) in [5.41, 5.74) is 3.36. The van der Waals surface area contributed by atoms with E-state index in [0.29, 0.717) is 0 Å². The number of halogens is 1. The summed E-state index contributed by atoms with van der Waals surface area (Å²) in [6.45, 7) is 4.57. The predicted molar refractivity (Wildman–Crippen MR) is 63.0 cm³/mol. The van der Waals surface area contributed by atoms with Crippen LogP contribution in [0.25, 0.3) is 0 Å². The van der Waals surface area contributed by atoms with Crippen molar-refractivity contribution in [2.24, 2.45) is 0 Å². The molecule has 0 aliphatic carbocycles. The lowest BCUT2D eigenvalue weighted by Crippen LogP contribution is -2.37. The van der Waals surface area contributed by atoms with Crippen LogP contribution in [0.15, 0.2) is 17.5 Å². The Morgan fingerprint density at radius 2 is 2.33 bits per heavy atom. The van der Waals surface area contributed by atoms with Gasteiger partial charge in [0.2, 0.25) is 0 Å². The molecule has 64 valence electrons. The standard InChI is InChI=1S/C9H11BrSSi/c1-12(2,8-4-6-10)9-5-3-7-11-9/h3,5,7H,6H2,1-2H3. The van der Waals surface area contributed by atoms with E-state index in [2.05, 4.69) is 58.0 Å². The van der Waals surface area contributed by atoms with E-state index >= 15 is 0 Å². The van der Waals surface area contributed by atoms with E-state index in [1.54, 1.807) is 0 Å². The van der Waals surface area contributed by atoms with Gasteiger partial charge in [0, 0.05) is 4.50 Å². The topological polar surface area (TPSA) is 0 Å². The van der Waals surface area contributed by atoms with Gasteiger partial charge in [0.05, 0.1) is 5.33 Å². The van der Waals surface area contributed by atoms with Crippen molar-refractivity contribution in [2.45, 2.75) is 13.1 Å². The zero-order valence-electron chi connectivity index (χ0n) is 7.23. The van der Waals surface area contributed by atoms with Crippen molar-refractivity contribution in [3.05, 3.63) is 17.5 Å². The van der Waals surface area contributed by atoms with Crippen LogP contribution < -0.4 is 4.50 Å². The molecule has 0 bridgehead atoms. The van der Waals surface area contributed by atoms with Crippen molar-refractivity contribution in [3.8, 4) is 11.5 Å². The third-order valence-corrected chi connectivity index (χ3v) is 6.65. The highest BCUT2D eigenvalue weighted by Crippen LogP contribution is 2.06. The summed E-state index contributed by atoms with van der Waals surface area (Å²) in [6, 6.07) is 4.30. The monoisotopic (exact) mass is 258 g/mol. The van der Waals surface area contributed by atoms with Gasteiger partial charge in [-0.3, -0.25) is 0 Å². The first kappa shape index (κ1) is 10.0. The number of thiophene rings is 1. The summed E-state index contributed by atoms with van der Waals surface area (Å²) in [7, 11) is -1.42. The van der Waals surface area contributed by atoms with Gasteiger partial charge in [0.1, 0.15) is 0 Å². The molecule has 0 amide bonds. The third kappa shape index (κ3) is 2.48. The van der Waals surface area contributed by atoms with E-state index in [0.717, 1.165) is 5.33 Å². The van der Waals surface area contributed by atoms with Crippen LogP contribution in [0.5, 0.6) is 0 Å². The number of alkyl halides is 1. The van der Waals surface area contributed by atoms with Crippen molar-refractivity contribution in [3.63, 3.8) is 0 Å². The van der Waals surface area contributed by atoms with Crippen LogP contribution in [0.3, 0.4) is 0 Å². The average Bonchev–Trinajstić information content (AvgIpc) is 2.53. The minimum atomic E-state index is -1.42. The lowest BCUT2D eigenvalue weighted by molar-refractivity contribution is 1.88. The minimum absolute atomic E-state index is 0.787. The Morgan fingerprint density at radius 1 is 1.58 bits per heavy atom. The molecule has 0 fully saturated rings. The highest BCUT2D eigenvalue weighted by atomic mass is 79.9. The van der Waals surface area contributed by atoms with Crippen LogP contribution in [0.2, 0.25) is 13.1 Å². The molecule has 0 aromatic carbocycles. The molecule has 1 aromatic heterocycles. The number of hydrogen-bond donors (Lipinski definition) is 0. The van der Waals surface area contributed by atoms with Gasteiger partial charge in [-0.1, -0.05) is 47.1 Å². The normalized spacial score (nSPS) is 10.6. The van der Waals surface area contributed by atoms with E-state index in [-0.39, 0.29) is 0 Å². The van der Waals surface area contributed by atoms with Gasteiger partial charge in [-0.15, -0.1) is 5.54 Å². The van der Waals surface area contributed by atoms with Crippen molar-refractivity contribution in [1.29, 1.82) is 0 Å². The van der Waals surface area contributed by atoms with Crippen LogP contribution in [-0.2, 0) is 0 Å². The molecule has 3 heteroatoms. The highest BCUT2D eigenvalue weighted by Gasteiger charge is 2.21. The second kappa shape index (κ2) is 4.27. The third-order valence-electron chi connectivity index (χ3n) is 1.60. The van der Waals surface area contributed by atoms with Crippen molar-refractivity contribution in [2.75, 3.05) is 5.33 Å². The van der Waals surface area contributed by atoms with E-state index in [4.69, 9.17) is 0 Å². The molecule has 0 saturated heterocycles. The molecule has 0 radical (unpaired) electrons. The van der Waals surface area contributed by atoms with Crippen LogP contribution in [-0.4, -0.2) is 13.4 Å².